The molecule has 0 radical (unpaired) electrons. The molecule has 5 heteroatoms. The first-order valence-corrected chi connectivity index (χ1v) is 21.3. The molecule has 0 bridgehead atoms. The van der Waals surface area contributed by atoms with Gasteiger partial charge in [0.25, 0.3) is 0 Å². The van der Waals surface area contributed by atoms with Crippen LogP contribution in [0.2, 0.25) is 10.0 Å². The van der Waals surface area contributed by atoms with Gasteiger partial charge in [-0.1, -0.05) is 115 Å². The van der Waals surface area contributed by atoms with E-state index in [1.165, 1.54) is 61.2 Å². The summed E-state index contributed by atoms with van der Waals surface area (Å²) in [5.41, 5.74) is 15.1. The molecule has 5 aromatic carbocycles. The summed E-state index contributed by atoms with van der Waals surface area (Å²) < 4.78 is 4.66. The molecule has 0 heterocycles. The minimum absolute atomic E-state index is 0. The Morgan fingerprint density at radius 3 is 1.72 bits per heavy atom. The van der Waals surface area contributed by atoms with Crippen molar-refractivity contribution in [1.29, 1.82) is 0 Å². The molecule has 53 heavy (non-hydrogen) atoms. The number of fused-ring (bicyclic) bond motifs is 3. The predicted molar refractivity (Wildman–Crippen MR) is 235 cm³/mol. The van der Waals surface area contributed by atoms with Crippen molar-refractivity contribution in [2.75, 3.05) is 0 Å². The van der Waals surface area contributed by atoms with E-state index in [-0.39, 0.29) is 35.6 Å². The van der Waals surface area contributed by atoms with Gasteiger partial charge in [-0.15, -0.1) is 41.5 Å². The summed E-state index contributed by atoms with van der Waals surface area (Å²) in [6.07, 6.45) is 6.68. The molecular formula is C48H50Cl4Zr-2. The number of halogens is 4. The summed E-state index contributed by atoms with van der Waals surface area (Å²) in [5.74, 6) is 0.468. The van der Waals surface area contributed by atoms with E-state index in [1.807, 2.05) is 30.3 Å². The number of benzene rings is 5. The monoisotopic (exact) mass is 856 g/mol. The maximum absolute atomic E-state index is 5.84. The van der Waals surface area contributed by atoms with Crippen LogP contribution in [0.25, 0.3) is 16.7 Å². The molecule has 0 nitrogen and oxygen atoms in total. The SMILES string of the molecule is CC(C)(C)c1[c-]c2c(cc1)-c1ccc(C(C)(C)C)cc1C2.CC1=[C-]C(C)C=C1c1ccccc1.Cl.Cl.Clc1ccc([CH]=[Zr]=[CH]c2ccc(Cl)cc2)cc1. The van der Waals surface area contributed by atoms with Crippen molar-refractivity contribution in [3.8, 4) is 11.1 Å². The molecule has 0 aromatic heterocycles. The third kappa shape index (κ3) is 12.7. The second-order valence-electron chi connectivity index (χ2n) is 15.4. The summed E-state index contributed by atoms with van der Waals surface area (Å²) in [7, 11) is 0. The van der Waals surface area contributed by atoms with Crippen molar-refractivity contribution in [3.63, 3.8) is 0 Å². The zero-order valence-corrected chi connectivity index (χ0v) is 37.6. The van der Waals surface area contributed by atoms with Gasteiger partial charge in [0.2, 0.25) is 0 Å². The number of hydrogen-bond donors (Lipinski definition) is 0. The van der Waals surface area contributed by atoms with Crippen LogP contribution in [0, 0.1) is 18.1 Å². The van der Waals surface area contributed by atoms with E-state index in [1.54, 1.807) is 0 Å². The summed E-state index contributed by atoms with van der Waals surface area (Å²) in [4.78, 5) is 0. The molecule has 0 saturated carbocycles. The van der Waals surface area contributed by atoms with Crippen molar-refractivity contribution in [1.82, 2.24) is 0 Å². The summed E-state index contributed by atoms with van der Waals surface area (Å²) in [6.45, 7) is 17.9. The van der Waals surface area contributed by atoms with Gasteiger partial charge in [0.05, 0.1) is 0 Å². The fraction of sp³-hybridized carbons (Fsp3) is 0.250. The first-order valence-electron chi connectivity index (χ1n) is 17.7. The molecule has 5 aromatic rings. The van der Waals surface area contributed by atoms with Gasteiger partial charge in [-0.25, -0.2) is 5.57 Å². The molecule has 0 amide bonds. The Balaban J connectivity index is 0.000000216. The molecule has 1 unspecified atom stereocenters. The zero-order chi connectivity index (χ0) is 36.8. The second kappa shape index (κ2) is 19.8. The van der Waals surface area contributed by atoms with Crippen LogP contribution in [0.4, 0.5) is 0 Å². The van der Waals surface area contributed by atoms with Crippen LogP contribution in [0.5, 0.6) is 0 Å². The Kier molecular flexibility index (Phi) is 16.7. The van der Waals surface area contributed by atoms with Crippen molar-refractivity contribution in [2.24, 2.45) is 5.92 Å². The Morgan fingerprint density at radius 2 is 1.23 bits per heavy atom. The summed E-state index contributed by atoms with van der Waals surface area (Å²) in [6, 6.07) is 41.6. The standard InChI is InChI=1S/C21H25.C13H13.2C7H5Cl.2ClH.Zr/c1-20(2,3)16-7-9-18-14(12-16)11-15-13-17(21(4,5)6)8-10-19(15)18;1-10-8-11(2)13(9-10)12-6-4-3-5-7-12;2*1-6-2-4-7(8)5-3-6;;;/h7-10,12H,11H2,1-6H3;3-7,9-10H,1-2H3;2*1-5H;2*1H;/q2*-1;;;;;. The van der Waals surface area contributed by atoms with Crippen molar-refractivity contribution in [3.05, 3.63) is 182 Å². The van der Waals surface area contributed by atoms with Crippen molar-refractivity contribution >= 4 is 61.0 Å². The quantitative estimate of drug-likeness (QED) is 0.156. The van der Waals surface area contributed by atoms with E-state index in [9.17, 15) is 0 Å². The Morgan fingerprint density at radius 1 is 0.679 bits per heavy atom. The second-order valence-corrected chi connectivity index (χ2v) is 18.5. The Bertz CT molecular complexity index is 1980. The van der Waals surface area contributed by atoms with E-state index >= 15 is 0 Å². The van der Waals surface area contributed by atoms with Gasteiger partial charge < -0.3 is 0 Å². The molecule has 2 aliphatic rings. The van der Waals surface area contributed by atoms with Gasteiger partial charge in [-0.3, -0.25) is 6.08 Å². The van der Waals surface area contributed by atoms with Gasteiger partial charge in [0.1, 0.15) is 0 Å². The summed E-state index contributed by atoms with van der Waals surface area (Å²) >= 11 is 11.0. The van der Waals surface area contributed by atoms with Crippen molar-refractivity contribution in [2.45, 2.75) is 72.6 Å². The topological polar surface area (TPSA) is 0 Å². The van der Waals surface area contributed by atoms with Crippen LogP contribution >= 0.6 is 48.0 Å². The molecular weight excluding hydrogens is 810 g/mol. The number of allylic oxidation sites excluding steroid dienone is 4. The molecule has 0 fully saturated rings. The van der Waals surface area contributed by atoms with E-state index in [2.05, 4.69) is 160 Å². The fourth-order valence-corrected chi connectivity index (χ4v) is 8.50. The van der Waals surface area contributed by atoms with Crippen LogP contribution in [0.15, 0.2) is 121 Å². The first-order chi connectivity index (χ1) is 24.2. The zero-order valence-electron chi connectivity index (χ0n) is 32.0. The van der Waals surface area contributed by atoms with Gasteiger partial charge in [0.15, 0.2) is 0 Å². The normalized spacial score (nSPS) is 13.8. The van der Waals surface area contributed by atoms with Crippen LogP contribution in [0.1, 0.15) is 94.3 Å². The predicted octanol–water partition coefficient (Wildman–Crippen LogP) is 14.0. The molecule has 1 atom stereocenters. The van der Waals surface area contributed by atoms with Crippen LogP contribution in [-0.2, 0) is 39.5 Å². The molecule has 0 aliphatic heterocycles. The molecule has 0 saturated heterocycles. The van der Waals surface area contributed by atoms with Gasteiger partial charge >= 0.3 is 123 Å². The van der Waals surface area contributed by atoms with E-state index in [4.69, 9.17) is 23.2 Å². The third-order valence-corrected chi connectivity index (χ3v) is 12.0. The Hall–Kier alpha value is -2.64. The number of rotatable bonds is 3. The van der Waals surface area contributed by atoms with Crippen LogP contribution in [0.3, 0.4) is 0 Å². The molecule has 0 spiro atoms. The first kappa shape index (κ1) is 44.8. The van der Waals surface area contributed by atoms with Crippen LogP contribution in [-0.4, -0.2) is 7.42 Å². The third-order valence-electron chi connectivity index (χ3n) is 9.05. The van der Waals surface area contributed by atoms with E-state index in [0.29, 0.717) is 5.92 Å². The molecule has 2 aliphatic carbocycles. The average molecular weight is 860 g/mol. The molecule has 276 valence electrons. The summed E-state index contributed by atoms with van der Waals surface area (Å²) in [5, 5.41) is 1.57. The average Bonchev–Trinajstić information content (AvgIpc) is 3.64. The number of hydrogen-bond acceptors (Lipinski definition) is 0. The van der Waals surface area contributed by atoms with E-state index in [0.717, 1.165) is 16.5 Å². The fourth-order valence-electron chi connectivity index (χ4n) is 6.15. The van der Waals surface area contributed by atoms with Crippen molar-refractivity contribution < 1.29 is 22.3 Å². The van der Waals surface area contributed by atoms with Crippen LogP contribution < -0.4 is 0 Å². The molecule has 0 N–H and O–H groups in total. The maximum atomic E-state index is 5.84. The van der Waals surface area contributed by atoms with Gasteiger partial charge in [-0.2, -0.15) is 35.4 Å². The van der Waals surface area contributed by atoms with Gasteiger partial charge in [-0.05, 0) is 28.4 Å². The van der Waals surface area contributed by atoms with E-state index < -0.39 is 22.3 Å². The Labute approximate surface area is 352 Å². The molecule has 7 rings (SSSR count). The minimum atomic E-state index is -0.623. The van der Waals surface area contributed by atoms with Gasteiger partial charge in [0, 0.05) is 0 Å².